The summed E-state index contributed by atoms with van der Waals surface area (Å²) in [7, 11) is 1.68. The van der Waals surface area contributed by atoms with Gasteiger partial charge in [0.15, 0.2) is 5.82 Å². The largest absolute Gasteiger partial charge is 0.416 e. The number of amides is 1. The Morgan fingerprint density at radius 2 is 1.75 bits per heavy atom. The summed E-state index contributed by atoms with van der Waals surface area (Å²) in [6.45, 7) is 3.70. The second-order valence-electron chi connectivity index (χ2n) is 7.50. The smallest absolute Gasteiger partial charge is 0.310 e. The molecule has 0 N–H and O–H groups in total. The van der Waals surface area contributed by atoms with Gasteiger partial charge in [-0.25, -0.2) is 9.97 Å². The van der Waals surface area contributed by atoms with Gasteiger partial charge in [-0.15, -0.1) is 0 Å². The molecule has 0 spiro atoms. The average molecular weight is 436 g/mol. The van der Waals surface area contributed by atoms with Crippen LogP contribution in [0.5, 0.6) is 0 Å². The Balaban J connectivity index is 1.65. The summed E-state index contributed by atoms with van der Waals surface area (Å²) in [4.78, 5) is 27.3. The topological polar surface area (TPSA) is 59.0 Å². The van der Waals surface area contributed by atoms with Crippen LogP contribution in [0.15, 0.2) is 60.9 Å². The molecule has 0 atom stereocenters. The number of hydrogen-bond donors (Lipinski definition) is 0. The van der Waals surface area contributed by atoms with Crippen molar-refractivity contribution in [3.05, 3.63) is 83.3 Å². The van der Waals surface area contributed by atoms with Gasteiger partial charge in [-0.3, -0.25) is 9.78 Å². The van der Waals surface area contributed by atoms with Crippen molar-refractivity contribution in [2.45, 2.75) is 20.0 Å². The molecule has 2 aromatic carbocycles. The van der Waals surface area contributed by atoms with E-state index < -0.39 is 11.7 Å². The molecular weight excluding hydrogens is 417 g/mol. The van der Waals surface area contributed by atoms with Gasteiger partial charge >= 0.3 is 6.18 Å². The van der Waals surface area contributed by atoms with Gasteiger partial charge in [0.05, 0.1) is 11.1 Å². The van der Waals surface area contributed by atoms with Gasteiger partial charge in [0.25, 0.3) is 5.91 Å². The molecule has 4 aromatic rings. The number of aryl methyl sites for hydroxylation is 2. The molecule has 0 aliphatic rings. The lowest BCUT2D eigenvalue weighted by Crippen LogP contribution is -2.28. The lowest BCUT2D eigenvalue weighted by atomic mass is 10.1. The van der Waals surface area contributed by atoms with Crippen molar-refractivity contribution < 1.29 is 18.0 Å². The maximum Gasteiger partial charge on any atom is 0.416 e. The van der Waals surface area contributed by atoms with Crippen molar-refractivity contribution in [2.24, 2.45) is 0 Å². The number of pyridine rings is 1. The Labute approximate surface area is 182 Å². The fraction of sp³-hybridized carbons (Fsp3) is 0.167. The van der Waals surface area contributed by atoms with Gasteiger partial charge in [0.2, 0.25) is 0 Å². The second kappa shape index (κ2) is 8.03. The Bertz CT molecular complexity index is 1330. The Morgan fingerprint density at radius 1 is 0.969 bits per heavy atom. The molecule has 0 bridgehead atoms. The minimum Gasteiger partial charge on any atom is -0.310 e. The fourth-order valence-corrected chi connectivity index (χ4v) is 3.50. The van der Waals surface area contributed by atoms with Gasteiger partial charge in [0.1, 0.15) is 5.69 Å². The number of rotatable bonds is 3. The molecule has 162 valence electrons. The molecule has 0 fully saturated rings. The van der Waals surface area contributed by atoms with Crippen LogP contribution in [0.2, 0.25) is 0 Å². The molecule has 4 rings (SSSR count). The maximum atomic E-state index is 12.9. The van der Waals surface area contributed by atoms with Crippen molar-refractivity contribution in [3.8, 4) is 11.4 Å². The van der Waals surface area contributed by atoms with Gasteiger partial charge in [-0.1, -0.05) is 6.07 Å². The van der Waals surface area contributed by atoms with Crippen LogP contribution >= 0.6 is 0 Å². The molecule has 2 heterocycles. The molecule has 0 aliphatic carbocycles. The van der Waals surface area contributed by atoms with E-state index in [1.54, 1.807) is 31.4 Å². The molecule has 32 heavy (non-hydrogen) atoms. The highest BCUT2D eigenvalue weighted by Crippen LogP contribution is 2.32. The molecule has 1 amide bonds. The quantitative estimate of drug-likeness (QED) is 0.419. The summed E-state index contributed by atoms with van der Waals surface area (Å²) in [5.74, 6) is 0.169. The average Bonchev–Trinajstić information content (AvgIpc) is 2.77. The lowest BCUT2D eigenvalue weighted by molar-refractivity contribution is -0.137. The highest BCUT2D eigenvalue weighted by Gasteiger charge is 2.30. The number of alkyl halides is 3. The first-order valence-corrected chi connectivity index (χ1v) is 9.80. The predicted octanol–water partition coefficient (Wildman–Crippen LogP) is 5.60. The van der Waals surface area contributed by atoms with E-state index in [1.807, 2.05) is 26.0 Å². The molecule has 0 saturated heterocycles. The number of carbonyl (C=O) groups excluding carboxylic acids is 1. The van der Waals surface area contributed by atoms with E-state index in [1.165, 1.54) is 17.2 Å². The molecular formula is C24H19F3N4O. The monoisotopic (exact) mass is 436 g/mol. The van der Waals surface area contributed by atoms with E-state index in [0.29, 0.717) is 33.7 Å². The highest BCUT2D eigenvalue weighted by molar-refractivity contribution is 6.05. The summed E-state index contributed by atoms with van der Waals surface area (Å²) in [6, 6.07) is 12.4. The molecule has 5 nitrogen and oxygen atoms in total. The van der Waals surface area contributed by atoms with Crippen LogP contribution < -0.4 is 4.90 Å². The molecule has 2 aromatic heterocycles. The van der Waals surface area contributed by atoms with Gasteiger partial charge in [-0.2, -0.15) is 13.2 Å². The zero-order chi connectivity index (χ0) is 23.0. The summed E-state index contributed by atoms with van der Waals surface area (Å²) < 4.78 is 38.8. The van der Waals surface area contributed by atoms with Crippen LogP contribution in [-0.4, -0.2) is 27.9 Å². The number of carbonyl (C=O) groups is 1. The number of benzene rings is 2. The van der Waals surface area contributed by atoms with Gasteiger partial charge < -0.3 is 4.90 Å². The third-order valence-corrected chi connectivity index (χ3v) is 5.24. The van der Waals surface area contributed by atoms with Crippen molar-refractivity contribution in [1.82, 2.24) is 15.0 Å². The number of halogens is 3. The van der Waals surface area contributed by atoms with E-state index in [2.05, 4.69) is 15.0 Å². The molecule has 0 radical (unpaired) electrons. The minimum atomic E-state index is -4.42. The standard InChI is InChI=1S/C24H19F3N4O/c1-14-5-4-10-28-21(14)23(32)31(3)20-9-6-16(11-15(20)2)22-29-13-17-12-18(24(25,26)27)7-8-19(17)30-22/h4-13H,1-3H3. The normalized spacial score (nSPS) is 11.6. The van der Waals surface area contributed by atoms with E-state index in [9.17, 15) is 18.0 Å². The summed E-state index contributed by atoms with van der Waals surface area (Å²) in [5, 5.41) is 0.313. The third-order valence-electron chi connectivity index (χ3n) is 5.24. The number of aromatic nitrogens is 3. The van der Waals surface area contributed by atoms with Crippen molar-refractivity contribution in [2.75, 3.05) is 11.9 Å². The predicted molar refractivity (Wildman–Crippen MR) is 116 cm³/mol. The van der Waals surface area contributed by atoms with Crippen molar-refractivity contribution in [1.29, 1.82) is 0 Å². The lowest BCUT2D eigenvalue weighted by Gasteiger charge is -2.20. The molecule has 0 saturated carbocycles. The number of anilines is 1. The SMILES string of the molecule is Cc1cc(-c2ncc3cc(C(F)(F)F)ccc3n2)ccc1N(C)C(=O)c1ncccc1C. The summed E-state index contributed by atoms with van der Waals surface area (Å²) in [6.07, 6.45) is -1.45. The van der Waals surface area contributed by atoms with Gasteiger partial charge in [-0.05, 0) is 67.4 Å². The molecule has 0 aliphatic heterocycles. The first-order chi connectivity index (χ1) is 15.1. The fourth-order valence-electron chi connectivity index (χ4n) is 3.50. The van der Waals surface area contributed by atoms with E-state index in [-0.39, 0.29) is 5.91 Å². The van der Waals surface area contributed by atoms with Gasteiger partial charge in [0, 0.05) is 36.1 Å². The first-order valence-electron chi connectivity index (χ1n) is 9.80. The third kappa shape index (κ3) is 4.03. The first kappa shape index (κ1) is 21.4. The summed E-state index contributed by atoms with van der Waals surface area (Å²) >= 11 is 0. The highest BCUT2D eigenvalue weighted by atomic mass is 19.4. The zero-order valence-corrected chi connectivity index (χ0v) is 17.6. The Kier molecular flexibility index (Phi) is 5.38. The van der Waals surface area contributed by atoms with Crippen LogP contribution in [0.25, 0.3) is 22.3 Å². The summed E-state index contributed by atoms with van der Waals surface area (Å²) in [5.41, 5.74) is 3.08. The number of hydrogen-bond acceptors (Lipinski definition) is 4. The molecule has 8 heteroatoms. The van der Waals surface area contributed by atoms with E-state index in [4.69, 9.17) is 0 Å². The van der Waals surface area contributed by atoms with Crippen LogP contribution in [0.3, 0.4) is 0 Å². The van der Waals surface area contributed by atoms with E-state index >= 15 is 0 Å². The zero-order valence-electron chi connectivity index (χ0n) is 17.6. The second-order valence-corrected chi connectivity index (χ2v) is 7.50. The maximum absolute atomic E-state index is 12.9. The minimum absolute atomic E-state index is 0.221. The van der Waals surface area contributed by atoms with Crippen LogP contribution in [0.4, 0.5) is 18.9 Å². The Hall–Kier alpha value is -3.81. The van der Waals surface area contributed by atoms with E-state index in [0.717, 1.165) is 23.3 Å². The van der Waals surface area contributed by atoms with Crippen LogP contribution in [0, 0.1) is 13.8 Å². The Morgan fingerprint density at radius 3 is 2.44 bits per heavy atom. The molecule has 0 unspecified atom stereocenters. The number of fused-ring (bicyclic) bond motifs is 1. The van der Waals surface area contributed by atoms with Crippen molar-refractivity contribution >= 4 is 22.5 Å². The van der Waals surface area contributed by atoms with Crippen LogP contribution in [-0.2, 0) is 6.18 Å². The van der Waals surface area contributed by atoms with Crippen molar-refractivity contribution in [3.63, 3.8) is 0 Å². The number of nitrogens with zero attached hydrogens (tertiary/aromatic N) is 4. The van der Waals surface area contributed by atoms with Crippen LogP contribution in [0.1, 0.15) is 27.2 Å².